The number of anilines is 1. The van der Waals surface area contributed by atoms with Crippen LogP contribution in [0.2, 0.25) is 0 Å². The number of pyridine rings is 1. The van der Waals surface area contributed by atoms with E-state index in [0.717, 1.165) is 0 Å². The molecular weight excluding hydrogens is 207 g/mol. The summed E-state index contributed by atoms with van der Waals surface area (Å²) in [7, 11) is 0. The lowest BCUT2D eigenvalue weighted by atomic mass is 10.1. The van der Waals surface area contributed by atoms with Crippen LogP contribution in [0, 0.1) is 0 Å². The SMILES string of the molecule is Nc1cc(C(F)(F)F)c(C(F)F)cn1. The van der Waals surface area contributed by atoms with E-state index in [-0.39, 0.29) is 0 Å². The number of nitrogen functional groups attached to an aromatic ring is 1. The molecule has 0 bridgehead atoms. The van der Waals surface area contributed by atoms with Gasteiger partial charge in [-0.2, -0.15) is 13.2 Å². The number of aromatic nitrogens is 1. The number of alkyl halides is 5. The Morgan fingerprint density at radius 3 is 2.29 bits per heavy atom. The third-order valence-electron chi connectivity index (χ3n) is 1.50. The Bertz CT molecular complexity index is 333. The molecule has 0 aliphatic carbocycles. The number of nitrogens with two attached hydrogens (primary N) is 1. The van der Waals surface area contributed by atoms with Crippen LogP contribution in [0.5, 0.6) is 0 Å². The summed E-state index contributed by atoms with van der Waals surface area (Å²) in [6, 6.07) is 0.390. The van der Waals surface area contributed by atoms with Gasteiger partial charge in [0.25, 0.3) is 6.43 Å². The second kappa shape index (κ2) is 3.39. The monoisotopic (exact) mass is 212 g/mol. The zero-order valence-electron chi connectivity index (χ0n) is 6.65. The number of halogens is 5. The Morgan fingerprint density at radius 2 is 1.86 bits per heavy atom. The normalized spacial score (nSPS) is 12.1. The number of rotatable bonds is 1. The molecule has 7 heteroatoms. The number of hydrogen-bond donors (Lipinski definition) is 1. The van der Waals surface area contributed by atoms with Gasteiger partial charge in [0.05, 0.1) is 5.56 Å². The van der Waals surface area contributed by atoms with Gasteiger partial charge < -0.3 is 5.73 Å². The number of nitrogens with zero attached hydrogens (tertiary/aromatic N) is 1. The van der Waals surface area contributed by atoms with Gasteiger partial charge in [-0.15, -0.1) is 0 Å². The summed E-state index contributed by atoms with van der Waals surface area (Å²) in [6.07, 6.45) is -7.63. The van der Waals surface area contributed by atoms with Crippen molar-refractivity contribution in [3.63, 3.8) is 0 Å². The molecule has 1 heterocycles. The van der Waals surface area contributed by atoms with E-state index in [2.05, 4.69) is 4.98 Å². The van der Waals surface area contributed by atoms with Gasteiger partial charge in [0.15, 0.2) is 0 Å². The molecule has 0 aromatic carbocycles. The van der Waals surface area contributed by atoms with Gasteiger partial charge in [-0.05, 0) is 6.07 Å². The van der Waals surface area contributed by atoms with E-state index in [0.29, 0.717) is 12.3 Å². The standard InChI is InChI=1S/C7H5F5N2/c8-6(9)3-2-14-5(13)1-4(3)7(10,11)12/h1-2,6H,(H2,13,14). The highest BCUT2D eigenvalue weighted by molar-refractivity contribution is 5.39. The molecule has 1 aromatic rings. The lowest BCUT2D eigenvalue weighted by Crippen LogP contribution is -2.11. The van der Waals surface area contributed by atoms with Gasteiger partial charge in [-0.3, -0.25) is 0 Å². The summed E-state index contributed by atoms with van der Waals surface area (Å²) in [5, 5.41) is 0. The highest BCUT2D eigenvalue weighted by Crippen LogP contribution is 2.36. The summed E-state index contributed by atoms with van der Waals surface area (Å²) in [6.45, 7) is 0. The predicted molar refractivity (Wildman–Crippen MR) is 38.6 cm³/mol. The molecule has 0 amide bonds. The van der Waals surface area contributed by atoms with E-state index in [1.54, 1.807) is 0 Å². The molecule has 0 aliphatic rings. The van der Waals surface area contributed by atoms with E-state index < -0.39 is 29.5 Å². The van der Waals surface area contributed by atoms with E-state index >= 15 is 0 Å². The molecule has 1 aromatic heterocycles. The van der Waals surface area contributed by atoms with Crippen LogP contribution in [-0.2, 0) is 6.18 Å². The third-order valence-corrected chi connectivity index (χ3v) is 1.50. The van der Waals surface area contributed by atoms with Crippen molar-refractivity contribution in [2.45, 2.75) is 12.6 Å². The Morgan fingerprint density at radius 1 is 1.29 bits per heavy atom. The molecule has 0 atom stereocenters. The summed E-state index contributed by atoms with van der Waals surface area (Å²) in [5.74, 6) is -0.443. The Hall–Kier alpha value is -1.40. The average molecular weight is 212 g/mol. The van der Waals surface area contributed by atoms with Crippen molar-refractivity contribution in [2.75, 3.05) is 5.73 Å². The molecule has 0 fully saturated rings. The van der Waals surface area contributed by atoms with Gasteiger partial charge in [-0.25, -0.2) is 13.8 Å². The first-order valence-electron chi connectivity index (χ1n) is 3.43. The minimum Gasteiger partial charge on any atom is -0.384 e. The molecular formula is C7H5F5N2. The van der Waals surface area contributed by atoms with Crippen LogP contribution < -0.4 is 5.73 Å². The molecule has 0 spiro atoms. The predicted octanol–water partition coefficient (Wildman–Crippen LogP) is 2.62. The average Bonchev–Trinajstić information content (AvgIpc) is 2.01. The molecule has 0 aliphatic heterocycles. The van der Waals surface area contributed by atoms with Crippen molar-refractivity contribution in [2.24, 2.45) is 0 Å². The molecule has 78 valence electrons. The van der Waals surface area contributed by atoms with Crippen molar-refractivity contribution >= 4 is 5.82 Å². The van der Waals surface area contributed by atoms with E-state index in [1.165, 1.54) is 0 Å². The highest BCUT2D eigenvalue weighted by Gasteiger charge is 2.36. The van der Waals surface area contributed by atoms with Gasteiger partial charge in [-0.1, -0.05) is 0 Å². The summed E-state index contributed by atoms with van der Waals surface area (Å²) < 4.78 is 60.7. The minimum absolute atomic E-state index is 0.390. The lowest BCUT2D eigenvalue weighted by Gasteiger charge is -2.11. The quantitative estimate of drug-likeness (QED) is 0.726. The molecule has 0 saturated heterocycles. The maximum atomic E-state index is 12.2. The zero-order valence-corrected chi connectivity index (χ0v) is 6.65. The van der Waals surface area contributed by atoms with E-state index in [1.807, 2.05) is 0 Å². The van der Waals surface area contributed by atoms with Crippen LogP contribution in [0.25, 0.3) is 0 Å². The Labute approximate surface area is 75.5 Å². The largest absolute Gasteiger partial charge is 0.417 e. The van der Waals surface area contributed by atoms with Crippen molar-refractivity contribution in [1.29, 1.82) is 0 Å². The molecule has 0 unspecified atom stereocenters. The molecule has 0 saturated carbocycles. The summed E-state index contributed by atoms with van der Waals surface area (Å²) in [4.78, 5) is 3.17. The smallest absolute Gasteiger partial charge is 0.384 e. The topological polar surface area (TPSA) is 38.9 Å². The van der Waals surface area contributed by atoms with Crippen molar-refractivity contribution in [3.8, 4) is 0 Å². The summed E-state index contributed by atoms with van der Waals surface area (Å²) in [5.41, 5.74) is 2.36. The first-order chi connectivity index (χ1) is 6.32. The van der Waals surface area contributed by atoms with Crippen LogP contribution in [0.3, 0.4) is 0 Å². The van der Waals surface area contributed by atoms with Crippen molar-refractivity contribution in [3.05, 3.63) is 23.4 Å². The van der Waals surface area contributed by atoms with E-state index in [9.17, 15) is 22.0 Å². The van der Waals surface area contributed by atoms with Crippen molar-refractivity contribution < 1.29 is 22.0 Å². The van der Waals surface area contributed by atoms with Crippen molar-refractivity contribution in [1.82, 2.24) is 4.98 Å². The first-order valence-corrected chi connectivity index (χ1v) is 3.43. The van der Waals surface area contributed by atoms with Gasteiger partial charge in [0.1, 0.15) is 5.82 Å². The maximum Gasteiger partial charge on any atom is 0.417 e. The molecule has 1 rings (SSSR count). The second-order valence-corrected chi connectivity index (χ2v) is 2.49. The van der Waals surface area contributed by atoms with Crippen LogP contribution in [-0.4, -0.2) is 4.98 Å². The molecule has 14 heavy (non-hydrogen) atoms. The second-order valence-electron chi connectivity index (χ2n) is 2.49. The maximum absolute atomic E-state index is 12.2. The van der Waals surface area contributed by atoms with Crippen LogP contribution in [0.4, 0.5) is 27.8 Å². The lowest BCUT2D eigenvalue weighted by molar-refractivity contribution is -0.139. The Kier molecular flexibility index (Phi) is 2.59. The molecule has 2 N–H and O–H groups in total. The Balaban J connectivity index is 3.30. The minimum atomic E-state index is -4.84. The van der Waals surface area contributed by atoms with Crippen LogP contribution in [0.15, 0.2) is 12.3 Å². The zero-order chi connectivity index (χ0) is 10.9. The molecule has 2 nitrogen and oxygen atoms in total. The van der Waals surface area contributed by atoms with Crippen LogP contribution in [0.1, 0.15) is 17.6 Å². The fourth-order valence-corrected chi connectivity index (χ4v) is 0.901. The fraction of sp³-hybridized carbons (Fsp3) is 0.286. The van der Waals surface area contributed by atoms with Gasteiger partial charge in [0, 0.05) is 11.8 Å². The fourth-order valence-electron chi connectivity index (χ4n) is 0.901. The van der Waals surface area contributed by atoms with E-state index in [4.69, 9.17) is 5.73 Å². The highest BCUT2D eigenvalue weighted by atomic mass is 19.4. The molecule has 0 radical (unpaired) electrons. The third kappa shape index (κ3) is 2.09. The van der Waals surface area contributed by atoms with Gasteiger partial charge >= 0.3 is 6.18 Å². The number of hydrogen-bond acceptors (Lipinski definition) is 2. The first kappa shape index (κ1) is 10.7. The van der Waals surface area contributed by atoms with Gasteiger partial charge in [0.2, 0.25) is 0 Å². The summed E-state index contributed by atoms with van der Waals surface area (Å²) >= 11 is 0. The van der Waals surface area contributed by atoms with Crippen LogP contribution >= 0.6 is 0 Å².